The Bertz CT molecular complexity index is 1430. The van der Waals surface area contributed by atoms with Gasteiger partial charge in [0.15, 0.2) is 11.5 Å². The number of nitrogens with zero attached hydrogens (tertiary/aromatic N) is 5. The largest absolute Gasteiger partial charge is 0.457 e. The van der Waals surface area contributed by atoms with Gasteiger partial charge in [0.25, 0.3) is 5.91 Å². The van der Waals surface area contributed by atoms with Gasteiger partial charge in [-0.2, -0.15) is 0 Å². The summed E-state index contributed by atoms with van der Waals surface area (Å²) in [6, 6.07) is 16.3. The molecule has 9 nitrogen and oxygen atoms in total. The second kappa shape index (κ2) is 8.16. The Morgan fingerprint density at radius 2 is 1.82 bits per heavy atom. The first kappa shape index (κ1) is 20.3. The van der Waals surface area contributed by atoms with E-state index in [9.17, 15) is 9.59 Å². The number of carbonyl (C=O) groups excluding carboxylic acids is 1. The Morgan fingerprint density at radius 1 is 1.09 bits per heavy atom. The van der Waals surface area contributed by atoms with Gasteiger partial charge in [0.05, 0.1) is 11.7 Å². The minimum Gasteiger partial charge on any atom is -0.457 e. The number of hydrogen-bond acceptors (Lipinski definition) is 6. The Morgan fingerprint density at radius 3 is 2.55 bits per heavy atom. The molecule has 1 aliphatic rings. The van der Waals surface area contributed by atoms with Crippen LogP contribution in [0.15, 0.2) is 65.7 Å². The van der Waals surface area contributed by atoms with Gasteiger partial charge in [-0.25, -0.2) is 14.8 Å². The average Bonchev–Trinajstić information content (AvgIpc) is 3.43. The molecule has 2 aromatic heterocycles. The number of fused-ring (bicyclic) bond motifs is 1. The molecule has 0 spiro atoms. The van der Waals surface area contributed by atoms with E-state index in [1.165, 1.54) is 10.9 Å². The molecule has 1 atom stereocenters. The van der Waals surface area contributed by atoms with Crippen molar-refractivity contribution in [3.8, 4) is 29.5 Å². The van der Waals surface area contributed by atoms with Gasteiger partial charge < -0.3 is 15.4 Å². The Hall–Kier alpha value is -4.58. The molecule has 3 heterocycles. The van der Waals surface area contributed by atoms with Crippen LogP contribution in [-0.2, 0) is 4.79 Å². The van der Waals surface area contributed by atoms with Crippen molar-refractivity contribution in [1.82, 2.24) is 24.0 Å². The van der Waals surface area contributed by atoms with E-state index in [1.54, 1.807) is 33.7 Å². The van der Waals surface area contributed by atoms with Crippen molar-refractivity contribution >= 4 is 22.9 Å². The molecule has 0 radical (unpaired) electrons. The number of rotatable bonds is 4. The lowest BCUT2D eigenvalue weighted by Gasteiger charge is -2.14. The van der Waals surface area contributed by atoms with E-state index in [-0.39, 0.29) is 17.5 Å². The third-order valence-electron chi connectivity index (χ3n) is 5.69. The second-order valence-electron chi connectivity index (χ2n) is 7.67. The Balaban J connectivity index is 1.55. The van der Waals surface area contributed by atoms with Gasteiger partial charge in [0.2, 0.25) is 0 Å². The van der Waals surface area contributed by atoms with E-state index < -0.39 is 5.91 Å². The quantitative estimate of drug-likeness (QED) is 0.488. The van der Waals surface area contributed by atoms with Gasteiger partial charge in [-0.15, -0.1) is 6.42 Å². The molecule has 33 heavy (non-hydrogen) atoms. The van der Waals surface area contributed by atoms with Crippen LogP contribution < -0.4 is 16.2 Å². The highest BCUT2D eigenvalue weighted by atomic mass is 16.5. The number of carbonyl (C=O) groups is 1. The summed E-state index contributed by atoms with van der Waals surface area (Å²) in [6.07, 6.45) is 7.17. The molecule has 0 bridgehead atoms. The third-order valence-corrected chi connectivity index (χ3v) is 5.69. The van der Waals surface area contributed by atoms with Crippen LogP contribution >= 0.6 is 0 Å². The molecule has 4 aromatic rings. The predicted octanol–water partition coefficient (Wildman–Crippen LogP) is 2.36. The molecular formula is C24H20N6O3. The van der Waals surface area contributed by atoms with Crippen molar-refractivity contribution in [2.24, 2.45) is 0 Å². The van der Waals surface area contributed by atoms with Crippen LogP contribution in [0, 0.1) is 12.3 Å². The summed E-state index contributed by atoms with van der Waals surface area (Å²) >= 11 is 0. The molecule has 0 aliphatic carbocycles. The number of anilines is 1. The minimum absolute atomic E-state index is 0.190. The zero-order valence-corrected chi connectivity index (χ0v) is 17.6. The van der Waals surface area contributed by atoms with Crippen LogP contribution in [-0.4, -0.2) is 43.0 Å². The fraction of sp³-hybridized carbons (Fsp3) is 0.167. The number of nitrogens with two attached hydrogens (primary N) is 1. The monoisotopic (exact) mass is 440 g/mol. The van der Waals surface area contributed by atoms with E-state index in [1.807, 2.05) is 30.3 Å². The van der Waals surface area contributed by atoms with E-state index in [0.29, 0.717) is 47.9 Å². The topological polar surface area (TPSA) is 108 Å². The highest BCUT2D eigenvalue weighted by Gasteiger charge is 2.31. The average molecular weight is 440 g/mol. The summed E-state index contributed by atoms with van der Waals surface area (Å²) in [6.45, 7) is 0.800. The fourth-order valence-corrected chi connectivity index (χ4v) is 4.15. The molecule has 5 rings (SSSR count). The number of ether oxygens (including phenoxy) is 1. The molecule has 1 aliphatic heterocycles. The molecule has 0 saturated carbocycles. The van der Waals surface area contributed by atoms with Crippen LogP contribution in [0.2, 0.25) is 0 Å². The molecule has 2 aromatic carbocycles. The molecule has 0 unspecified atom stereocenters. The Kier molecular flexibility index (Phi) is 5.03. The highest BCUT2D eigenvalue weighted by molar-refractivity contribution is 5.93. The number of amides is 1. The third kappa shape index (κ3) is 3.57. The Labute approximate surface area is 189 Å². The van der Waals surface area contributed by atoms with Crippen molar-refractivity contribution in [2.45, 2.75) is 12.5 Å². The zero-order chi connectivity index (χ0) is 22.9. The SMILES string of the molecule is C#CC(=O)N1CC[C@@H](n2c(=O)n(-c3ccc(Oc4ccccc4)cc3)c3c(N)ncnc32)C1. The summed E-state index contributed by atoms with van der Waals surface area (Å²) in [4.78, 5) is 35.5. The van der Waals surface area contributed by atoms with Crippen molar-refractivity contribution < 1.29 is 9.53 Å². The van der Waals surface area contributed by atoms with E-state index in [0.717, 1.165) is 0 Å². The summed E-state index contributed by atoms with van der Waals surface area (Å²) in [5.41, 5.74) is 7.28. The fourth-order valence-electron chi connectivity index (χ4n) is 4.15. The van der Waals surface area contributed by atoms with E-state index in [4.69, 9.17) is 16.9 Å². The lowest BCUT2D eigenvalue weighted by atomic mass is 10.2. The van der Waals surface area contributed by atoms with Crippen LogP contribution in [0.4, 0.5) is 5.82 Å². The highest BCUT2D eigenvalue weighted by Crippen LogP contribution is 2.28. The number of terminal acetylenes is 1. The van der Waals surface area contributed by atoms with Crippen molar-refractivity contribution in [1.29, 1.82) is 0 Å². The first-order valence-electron chi connectivity index (χ1n) is 10.4. The maximum Gasteiger partial charge on any atom is 0.335 e. The maximum atomic E-state index is 13.6. The van der Waals surface area contributed by atoms with E-state index >= 15 is 0 Å². The molecule has 1 fully saturated rings. The number of nitrogen functional groups attached to an aromatic ring is 1. The maximum absolute atomic E-state index is 13.6. The molecular weight excluding hydrogens is 420 g/mol. The molecule has 1 saturated heterocycles. The standard InChI is InChI=1S/C24H20N6O3/c1-2-20(31)28-13-12-17(14-28)30-23-21(22(25)26-15-27-23)29(24(30)32)16-8-10-19(11-9-16)33-18-6-4-3-5-7-18/h1,3-11,15,17H,12-14H2,(H2,25,26,27)/t17-/m1/s1. The van der Waals surface area contributed by atoms with Crippen molar-refractivity contribution in [2.75, 3.05) is 18.8 Å². The van der Waals surface area contributed by atoms with Gasteiger partial charge in [-0.05, 0) is 48.7 Å². The van der Waals surface area contributed by atoms with Crippen LogP contribution in [0.1, 0.15) is 12.5 Å². The zero-order valence-electron chi connectivity index (χ0n) is 17.6. The van der Waals surface area contributed by atoms with Gasteiger partial charge in [-0.3, -0.25) is 13.9 Å². The van der Waals surface area contributed by atoms with Gasteiger partial charge in [0, 0.05) is 13.1 Å². The number of likely N-dealkylation sites (tertiary alicyclic amines) is 1. The van der Waals surface area contributed by atoms with Crippen LogP contribution in [0.3, 0.4) is 0 Å². The molecule has 2 N–H and O–H groups in total. The number of hydrogen-bond donors (Lipinski definition) is 1. The van der Waals surface area contributed by atoms with Crippen LogP contribution in [0.25, 0.3) is 16.9 Å². The molecule has 164 valence electrons. The normalized spacial score (nSPS) is 15.5. The number of benzene rings is 2. The number of aromatic nitrogens is 4. The van der Waals surface area contributed by atoms with Gasteiger partial charge in [-0.1, -0.05) is 18.2 Å². The van der Waals surface area contributed by atoms with Gasteiger partial charge in [0.1, 0.15) is 23.3 Å². The first-order valence-corrected chi connectivity index (χ1v) is 10.4. The molecule has 9 heteroatoms. The summed E-state index contributed by atoms with van der Waals surface area (Å²) in [7, 11) is 0. The second-order valence-corrected chi connectivity index (χ2v) is 7.67. The van der Waals surface area contributed by atoms with Crippen molar-refractivity contribution in [3.05, 3.63) is 71.4 Å². The van der Waals surface area contributed by atoms with Crippen molar-refractivity contribution in [3.63, 3.8) is 0 Å². The minimum atomic E-state index is -0.391. The number of imidazole rings is 1. The summed E-state index contributed by atoms with van der Waals surface area (Å²) in [5.74, 6) is 3.27. The lowest BCUT2D eigenvalue weighted by molar-refractivity contribution is -0.124. The van der Waals surface area contributed by atoms with Gasteiger partial charge >= 0.3 is 5.69 Å². The smallest absolute Gasteiger partial charge is 0.335 e. The van der Waals surface area contributed by atoms with Crippen LogP contribution in [0.5, 0.6) is 11.5 Å². The van der Waals surface area contributed by atoms with E-state index in [2.05, 4.69) is 15.9 Å². The first-order chi connectivity index (χ1) is 16.1. The predicted molar refractivity (Wildman–Crippen MR) is 123 cm³/mol. The molecule has 1 amide bonds. The summed E-state index contributed by atoms with van der Waals surface area (Å²) in [5, 5.41) is 0. The lowest BCUT2D eigenvalue weighted by Crippen LogP contribution is -2.31. The summed E-state index contributed by atoms with van der Waals surface area (Å²) < 4.78 is 8.91. The number of para-hydroxylation sites is 1.